The Morgan fingerprint density at radius 2 is 1.65 bits per heavy atom. The van der Waals surface area contributed by atoms with Gasteiger partial charge in [0.2, 0.25) is 10.0 Å². The monoisotopic (exact) mass is 712 g/mol. The molecule has 0 spiro atoms. The van der Waals surface area contributed by atoms with Crippen molar-refractivity contribution < 1.29 is 13.2 Å². The molecule has 6 rings (SSSR count). The first kappa shape index (κ1) is 36.4. The number of nitrogens with one attached hydrogen (secondary N) is 2. The Morgan fingerprint density at radius 3 is 2.37 bits per heavy atom. The first-order chi connectivity index (χ1) is 24.1. The summed E-state index contributed by atoms with van der Waals surface area (Å²) >= 11 is 0. The van der Waals surface area contributed by atoms with Gasteiger partial charge in [0.15, 0.2) is 5.65 Å². The average molecular weight is 713 g/mol. The van der Waals surface area contributed by atoms with Crippen molar-refractivity contribution in [2.45, 2.75) is 92.2 Å². The van der Waals surface area contributed by atoms with Crippen LogP contribution in [0.3, 0.4) is 0 Å². The summed E-state index contributed by atoms with van der Waals surface area (Å²) < 4.78 is 29.0. The maximum atomic E-state index is 14.6. The lowest BCUT2D eigenvalue weighted by Crippen LogP contribution is -2.42. The van der Waals surface area contributed by atoms with Crippen molar-refractivity contribution in [3.8, 4) is 0 Å². The van der Waals surface area contributed by atoms with Gasteiger partial charge < -0.3 is 9.80 Å². The molecule has 11 heteroatoms. The van der Waals surface area contributed by atoms with Gasteiger partial charge in [0, 0.05) is 47.7 Å². The molecule has 2 fully saturated rings. The molecule has 272 valence electrons. The van der Waals surface area contributed by atoms with Gasteiger partial charge in [-0.25, -0.2) is 17.9 Å². The number of aromatic nitrogens is 3. The third-order valence-electron chi connectivity index (χ3n) is 11.2. The van der Waals surface area contributed by atoms with Gasteiger partial charge in [-0.05, 0) is 107 Å². The van der Waals surface area contributed by atoms with E-state index < -0.39 is 10.0 Å². The van der Waals surface area contributed by atoms with Crippen LogP contribution in [0.4, 0.5) is 5.69 Å². The topological polar surface area (TPSA) is 120 Å². The van der Waals surface area contributed by atoms with Crippen LogP contribution in [-0.4, -0.2) is 64.1 Å². The number of hydrogen-bond acceptors (Lipinski definition) is 6. The number of rotatable bonds is 9. The van der Waals surface area contributed by atoms with Gasteiger partial charge in [-0.1, -0.05) is 44.2 Å². The Bertz CT molecular complexity index is 2150. The van der Waals surface area contributed by atoms with Gasteiger partial charge in [-0.3, -0.25) is 19.4 Å². The third-order valence-corrected chi connectivity index (χ3v) is 11.8. The maximum Gasteiger partial charge on any atom is 0.275 e. The molecule has 4 atom stereocenters. The van der Waals surface area contributed by atoms with Crippen LogP contribution in [0.5, 0.6) is 0 Å². The van der Waals surface area contributed by atoms with E-state index in [-0.39, 0.29) is 29.1 Å². The summed E-state index contributed by atoms with van der Waals surface area (Å²) in [6.07, 6.45) is 6.58. The zero-order valence-electron chi connectivity index (χ0n) is 31.0. The number of anilines is 1. The lowest BCUT2D eigenvalue weighted by Gasteiger charge is -2.41. The highest BCUT2D eigenvalue weighted by molar-refractivity contribution is 7.92. The van der Waals surface area contributed by atoms with Crippen LogP contribution in [-0.2, 0) is 22.9 Å². The van der Waals surface area contributed by atoms with E-state index in [0.717, 1.165) is 61.0 Å². The van der Waals surface area contributed by atoms with E-state index in [1.54, 1.807) is 13.0 Å². The number of carbonyl (C=O) groups excluding carboxylic acids is 1. The molecule has 2 aliphatic rings. The predicted molar refractivity (Wildman–Crippen MR) is 205 cm³/mol. The Labute approximate surface area is 302 Å². The van der Waals surface area contributed by atoms with Crippen molar-refractivity contribution in [1.29, 1.82) is 0 Å². The number of H-pyrrole nitrogens is 1. The number of aromatic amines is 1. The average Bonchev–Trinajstić information content (AvgIpc) is 3.50. The second-order valence-electron chi connectivity index (χ2n) is 15.0. The van der Waals surface area contributed by atoms with E-state index in [1.165, 1.54) is 22.1 Å². The highest BCUT2D eigenvalue weighted by Gasteiger charge is 2.36. The molecule has 2 aliphatic heterocycles. The van der Waals surface area contributed by atoms with Gasteiger partial charge >= 0.3 is 0 Å². The third kappa shape index (κ3) is 7.49. The van der Waals surface area contributed by atoms with Crippen molar-refractivity contribution >= 4 is 33.0 Å². The highest BCUT2D eigenvalue weighted by Crippen LogP contribution is 2.38. The summed E-state index contributed by atoms with van der Waals surface area (Å²) in [5.74, 6) is 0.426. The molecule has 4 heterocycles. The van der Waals surface area contributed by atoms with E-state index in [9.17, 15) is 18.0 Å². The predicted octanol–water partition coefficient (Wildman–Crippen LogP) is 6.81. The molecule has 1 amide bonds. The van der Waals surface area contributed by atoms with Crippen LogP contribution in [0, 0.1) is 32.6 Å². The number of piperidine rings is 2. The summed E-state index contributed by atoms with van der Waals surface area (Å²) in [4.78, 5) is 36.6. The standard InChI is InChI=1S/C40H52N6O4S/c1-24-13-16-32(33(21-24)30(7)44-19-9-11-25(2)29(44)6)17-14-31-15-18-35(43-51(8,49)50)34(22-31)40(48)45-20-10-12-26(3)38(45)36-23-37-41-28(5)27(4)39(47)46(37)42-36/h13,15-16,18,21-23,25-26,29,38,42-43H,7,9-12,14,17,19-20H2,1-6,8H3. The second kappa shape index (κ2) is 14.3. The van der Waals surface area contributed by atoms with Crippen LogP contribution < -0.4 is 10.3 Å². The first-order valence-corrected chi connectivity index (χ1v) is 20.1. The number of fused-ring (bicyclic) bond motifs is 1. The number of aryl methyl sites for hydroxylation is 4. The molecule has 10 nitrogen and oxygen atoms in total. The maximum absolute atomic E-state index is 14.6. The van der Waals surface area contributed by atoms with E-state index in [2.05, 4.69) is 72.2 Å². The molecule has 4 aromatic rings. The summed E-state index contributed by atoms with van der Waals surface area (Å²) in [5.41, 5.74) is 8.38. The molecule has 0 saturated carbocycles. The SMILES string of the molecule is C=C(c1cc(C)ccc1CCc1ccc(NS(C)(=O)=O)c(C(=O)N2CCCC(C)C2c2cc3nc(C)c(C)c(=O)n3[nH]2)c1)N1CCCC(C)C1C. The molecule has 0 bridgehead atoms. The smallest absolute Gasteiger partial charge is 0.275 e. The van der Waals surface area contributed by atoms with E-state index in [0.29, 0.717) is 47.4 Å². The van der Waals surface area contributed by atoms with Crippen LogP contribution in [0.25, 0.3) is 11.3 Å². The molecule has 0 radical (unpaired) electrons. The highest BCUT2D eigenvalue weighted by atomic mass is 32.2. The molecule has 0 aliphatic carbocycles. The molecule has 2 N–H and O–H groups in total. The first-order valence-electron chi connectivity index (χ1n) is 18.2. The van der Waals surface area contributed by atoms with Crippen molar-refractivity contribution in [3.63, 3.8) is 0 Å². The lowest BCUT2D eigenvalue weighted by molar-refractivity contribution is 0.0505. The van der Waals surface area contributed by atoms with Crippen LogP contribution in [0.2, 0.25) is 0 Å². The van der Waals surface area contributed by atoms with Crippen LogP contribution in [0.1, 0.15) is 102 Å². The van der Waals surface area contributed by atoms with Crippen LogP contribution >= 0.6 is 0 Å². The Kier molecular flexibility index (Phi) is 10.2. The fourth-order valence-electron chi connectivity index (χ4n) is 7.97. The summed E-state index contributed by atoms with van der Waals surface area (Å²) in [7, 11) is -3.66. The molecule has 51 heavy (non-hydrogen) atoms. The van der Waals surface area contributed by atoms with Crippen molar-refractivity contribution in [1.82, 2.24) is 24.4 Å². The quantitative estimate of drug-likeness (QED) is 0.197. The molecular formula is C40H52N6O4S. The molecule has 4 unspecified atom stereocenters. The number of sulfonamides is 1. The molecule has 2 aromatic carbocycles. The summed E-state index contributed by atoms with van der Waals surface area (Å²) in [5, 5.41) is 3.24. The number of nitrogens with zero attached hydrogens (tertiary/aromatic N) is 4. The second-order valence-corrected chi connectivity index (χ2v) is 16.8. The molecular weight excluding hydrogens is 661 g/mol. The zero-order chi connectivity index (χ0) is 36.8. The summed E-state index contributed by atoms with van der Waals surface area (Å²) in [6.45, 7) is 18.5. The van der Waals surface area contributed by atoms with Gasteiger partial charge in [0.1, 0.15) is 0 Å². The number of likely N-dealkylation sites (tertiary alicyclic amines) is 2. The molecule has 2 saturated heterocycles. The Balaban J connectivity index is 1.33. The van der Waals surface area contributed by atoms with Crippen molar-refractivity contribution in [3.05, 3.63) is 104 Å². The number of amides is 1. The Morgan fingerprint density at radius 1 is 0.941 bits per heavy atom. The van der Waals surface area contributed by atoms with Gasteiger partial charge in [0.05, 0.1) is 29.2 Å². The lowest BCUT2D eigenvalue weighted by atomic mass is 9.87. The van der Waals surface area contributed by atoms with Gasteiger partial charge in [0.25, 0.3) is 11.5 Å². The van der Waals surface area contributed by atoms with Crippen molar-refractivity contribution in [2.75, 3.05) is 24.1 Å². The fraction of sp³-hybridized carbons (Fsp3) is 0.475. The minimum Gasteiger partial charge on any atom is -0.369 e. The van der Waals surface area contributed by atoms with Gasteiger partial charge in [-0.2, -0.15) is 0 Å². The van der Waals surface area contributed by atoms with E-state index in [1.807, 2.05) is 30.0 Å². The van der Waals surface area contributed by atoms with E-state index in [4.69, 9.17) is 0 Å². The number of hydrogen-bond donors (Lipinski definition) is 2. The largest absolute Gasteiger partial charge is 0.369 e. The fourth-order valence-corrected chi connectivity index (χ4v) is 8.55. The minimum atomic E-state index is -3.66. The molecule has 2 aromatic heterocycles. The zero-order valence-corrected chi connectivity index (χ0v) is 31.9. The van der Waals surface area contributed by atoms with Crippen molar-refractivity contribution in [2.24, 2.45) is 11.8 Å². The summed E-state index contributed by atoms with van der Waals surface area (Å²) in [6, 6.07) is 13.9. The normalized spacial score (nSPS) is 21.2. The van der Waals surface area contributed by atoms with E-state index >= 15 is 0 Å². The number of carbonyl (C=O) groups is 1. The van der Waals surface area contributed by atoms with Gasteiger partial charge in [-0.15, -0.1) is 0 Å². The van der Waals surface area contributed by atoms with Crippen LogP contribution in [0.15, 0.2) is 53.8 Å². The number of benzene rings is 2. The Hall–Kier alpha value is -4.38. The minimum absolute atomic E-state index is 0.0850.